The van der Waals surface area contributed by atoms with Crippen LogP contribution in [0.25, 0.3) is 11.3 Å². The van der Waals surface area contributed by atoms with Crippen molar-refractivity contribution >= 4 is 11.3 Å². The van der Waals surface area contributed by atoms with Gasteiger partial charge in [0, 0.05) is 23.5 Å². The van der Waals surface area contributed by atoms with E-state index in [1.54, 1.807) is 0 Å². The minimum absolute atomic E-state index is 0.666. The van der Waals surface area contributed by atoms with Crippen molar-refractivity contribution in [1.29, 1.82) is 0 Å². The summed E-state index contributed by atoms with van der Waals surface area (Å²) in [7, 11) is 4.17. The van der Waals surface area contributed by atoms with Crippen LogP contribution in [0.2, 0.25) is 0 Å². The van der Waals surface area contributed by atoms with Crippen LogP contribution in [0.15, 0.2) is 30.3 Å². The molecule has 0 spiro atoms. The third kappa shape index (κ3) is 4.92. The molecule has 0 aliphatic heterocycles. The summed E-state index contributed by atoms with van der Waals surface area (Å²) in [4.78, 5) is 8.35. The summed E-state index contributed by atoms with van der Waals surface area (Å²) in [6.07, 6.45) is 0. The van der Waals surface area contributed by atoms with Gasteiger partial charge in [-0.15, -0.1) is 11.3 Å². The predicted molar refractivity (Wildman–Crippen MR) is 91.5 cm³/mol. The molecule has 0 saturated heterocycles. The lowest BCUT2D eigenvalue weighted by atomic mass is 10.1. The molecule has 0 unspecified atom stereocenters. The Balaban J connectivity index is 2.21. The van der Waals surface area contributed by atoms with Crippen LogP contribution in [0.1, 0.15) is 23.7 Å². The van der Waals surface area contributed by atoms with E-state index < -0.39 is 0 Å². The Hall–Kier alpha value is -1.23. The molecule has 3 nitrogen and oxygen atoms in total. The number of nitrogens with one attached hydrogen (secondary N) is 1. The van der Waals surface area contributed by atoms with Gasteiger partial charge in [-0.3, -0.25) is 0 Å². The Morgan fingerprint density at radius 3 is 2.52 bits per heavy atom. The van der Waals surface area contributed by atoms with Crippen molar-refractivity contribution in [3.63, 3.8) is 0 Å². The largest absolute Gasteiger partial charge is 0.312 e. The van der Waals surface area contributed by atoms with Gasteiger partial charge in [0.1, 0.15) is 5.01 Å². The summed E-state index contributed by atoms with van der Waals surface area (Å²) in [5.41, 5.74) is 2.34. The summed E-state index contributed by atoms with van der Waals surface area (Å²) in [6.45, 7) is 7.29. The summed E-state index contributed by atoms with van der Waals surface area (Å²) in [6, 6.07) is 10.5. The van der Waals surface area contributed by atoms with E-state index in [-0.39, 0.29) is 0 Å². The maximum absolute atomic E-state index is 4.86. The molecule has 1 heterocycles. The van der Waals surface area contributed by atoms with Crippen LogP contribution in [0.3, 0.4) is 0 Å². The van der Waals surface area contributed by atoms with Gasteiger partial charge in [0.15, 0.2) is 0 Å². The zero-order valence-corrected chi connectivity index (χ0v) is 14.2. The third-order valence-corrected chi connectivity index (χ3v) is 4.12. The molecule has 0 amide bonds. The molecule has 0 aliphatic carbocycles. The second-order valence-electron chi connectivity index (χ2n) is 6.01. The van der Waals surface area contributed by atoms with Crippen molar-refractivity contribution < 1.29 is 0 Å². The molecule has 114 valence electrons. The highest BCUT2D eigenvalue weighted by Crippen LogP contribution is 2.28. The highest BCUT2D eigenvalue weighted by Gasteiger charge is 2.13. The van der Waals surface area contributed by atoms with Crippen LogP contribution in [0.4, 0.5) is 0 Å². The Bertz CT molecular complexity index is 546. The normalized spacial score (nSPS) is 11.5. The Morgan fingerprint density at radius 2 is 1.90 bits per heavy atom. The molecule has 0 radical (unpaired) electrons. The molecular formula is C17H25N3S. The smallest absolute Gasteiger partial charge is 0.108 e. The van der Waals surface area contributed by atoms with Crippen molar-refractivity contribution in [2.45, 2.75) is 26.9 Å². The number of hydrogen-bond donors (Lipinski definition) is 1. The summed E-state index contributed by atoms with van der Waals surface area (Å²) in [5, 5.41) is 4.72. The quantitative estimate of drug-likeness (QED) is 0.847. The van der Waals surface area contributed by atoms with Crippen LogP contribution < -0.4 is 5.32 Å². The van der Waals surface area contributed by atoms with Crippen molar-refractivity contribution in [3.05, 3.63) is 40.2 Å². The topological polar surface area (TPSA) is 28.2 Å². The summed E-state index contributed by atoms with van der Waals surface area (Å²) < 4.78 is 0. The van der Waals surface area contributed by atoms with E-state index in [2.05, 4.69) is 62.4 Å². The van der Waals surface area contributed by atoms with Gasteiger partial charge in [-0.1, -0.05) is 44.2 Å². The molecule has 1 aromatic heterocycles. The van der Waals surface area contributed by atoms with E-state index in [1.165, 1.54) is 15.4 Å². The molecule has 0 saturated carbocycles. The van der Waals surface area contributed by atoms with Crippen LogP contribution in [0.5, 0.6) is 0 Å². The van der Waals surface area contributed by atoms with Gasteiger partial charge >= 0.3 is 0 Å². The SMILES string of the molecule is CC(C)CNCc1sc(CN(C)C)nc1-c1ccccc1. The number of aromatic nitrogens is 1. The molecule has 4 heteroatoms. The van der Waals surface area contributed by atoms with Gasteiger partial charge in [0.25, 0.3) is 0 Å². The van der Waals surface area contributed by atoms with Gasteiger partial charge in [0.2, 0.25) is 0 Å². The van der Waals surface area contributed by atoms with Crippen molar-refractivity contribution in [3.8, 4) is 11.3 Å². The predicted octanol–water partition coefficient (Wildman–Crippen LogP) is 3.62. The van der Waals surface area contributed by atoms with Crippen molar-refractivity contribution in [2.24, 2.45) is 5.92 Å². The molecule has 1 aromatic carbocycles. The van der Waals surface area contributed by atoms with Gasteiger partial charge in [-0.05, 0) is 26.6 Å². The van der Waals surface area contributed by atoms with Gasteiger partial charge < -0.3 is 10.2 Å². The van der Waals surface area contributed by atoms with Crippen molar-refractivity contribution in [2.75, 3.05) is 20.6 Å². The number of nitrogens with zero attached hydrogens (tertiary/aromatic N) is 2. The number of thiazole rings is 1. The minimum atomic E-state index is 0.666. The zero-order valence-electron chi connectivity index (χ0n) is 13.4. The highest BCUT2D eigenvalue weighted by molar-refractivity contribution is 7.12. The lowest BCUT2D eigenvalue weighted by Crippen LogP contribution is -2.18. The third-order valence-electron chi connectivity index (χ3n) is 3.08. The second-order valence-corrected chi connectivity index (χ2v) is 7.18. The molecule has 21 heavy (non-hydrogen) atoms. The van der Waals surface area contributed by atoms with E-state index in [9.17, 15) is 0 Å². The first-order chi connectivity index (χ1) is 10.1. The van der Waals surface area contributed by atoms with Crippen LogP contribution in [-0.2, 0) is 13.1 Å². The molecule has 2 rings (SSSR count). The number of benzene rings is 1. The Morgan fingerprint density at radius 1 is 1.19 bits per heavy atom. The first-order valence-electron chi connectivity index (χ1n) is 7.45. The van der Waals surface area contributed by atoms with Crippen LogP contribution >= 0.6 is 11.3 Å². The van der Waals surface area contributed by atoms with E-state index in [0.717, 1.165) is 25.3 Å². The average Bonchev–Trinajstić information content (AvgIpc) is 2.81. The Labute approximate surface area is 132 Å². The first-order valence-corrected chi connectivity index (χ1v) is 8.27. The minimum Gasteiger partial charge on any atom is -0.312 e. The fourth-order valence-corrected chi connectivity index (χ4v) is 3.33. The second kappa shape index (κ2) is 7.69. The summed E-state index contributed by atoms with van der Waals surface area (Å²) in [5.74, 6) is 0.666. The standard InChI is InChI=1S/C17H25N3S/c1-13(2)10-18-11-15-17(14-8-6-5-7-9-14)19-16(21-15)12-20(3)4/h5-9,13,18H,10-12H2,1-4H3. The molecular weight excluding hydrogens is 278 g/mol. The fraction of sp³-hybridized carbons (Fsp3) is 0.471. The van der Waals surface area contributed by atoms with Gasteiger partial charge in [-0.25, -0.2) is 4.98 Å². The monoisotopic (exact) mass is 303 g/mol. The van der Waals surface area contributed by atoms with Crippen molar-refractivity contribution in [1.82, 2.24) is 15.2 Å². The van der Waals surface area contributed by atoms with E-state index >= 15 is 0 Å². The highest BCUT2D eigenvalue weighted by atomic mass is 32.1. The van der Waals surface area contributed by atoms with Gasteiger partial charge in [0.05, 0.1) is 5.69 Å². The van der Waals surface area contributed by atoms with Crippen LogP contribution in [0, 0.1) is 5.92 Å². The van der Waals surface area contributed by atoms with Crippen LogP contribution in [-0.4, -0.2) is 30.5 Å². The number of rotatable bonds is 7. The fourth-order valence-electron chi connectivity index (χ4n) is 2.15. The molecule has 0 bridgehead atoms. The molecule has 0 fully saturated rings. The maximum Gasteiger partial charge on any atom is 0.108 e. The zero-order chi connectivity index (χ0) is 15.2. The maximum atomic E-state index is 4.86. The van der Waals surface area contributed by atoms with E-state index in [0.29, 0.717) is 5.92 Å². The Kier molecular flexibility index (Phi) is 5.91. The number of hydrogen-bond acceptors (Lipinski definition) is 4. The van der Waals surface area contributed by atoms with E-state index in [4.69, 9.17) is 4.98 Å². The van der Waals surface area contributed by atoms with Gasteiger partial charge in [-0.2, -0.15) is 0 Å². The lowest BCUT2D eigenvalue weighted by molar-refractivity contribution is 0.402. The molecule has 0 atom stereocenters. The average molecular weight is 303 g/mol. The van der Waals surface area contributed by atoms with E-state index in [1.807, 2.05) is 17.4 Å². The summed E-state index contributed by atoms with van der Waals surface area (Å²) >= 11 is 1.82. The molecule has 0 aliphatic rings. The first kappa shape index (κ1) is 16.1. The molecule has 1 N–H and O–H groups in total. The molecule has 2 aromatic rings. The lowest BCUT2D eigenvalue weighted by Gasteiger charge is -2.07.